The van der Waals surface area contributed by atoms with Crippen molar-refractivity contribution in [3.05, 3.63) is 30.2 Å². The molecule has 84 heavy (non-hydrogen) atoms. The largest absolute Gasteiger partial charge is 0.443 e. The normalized spacial score (nSPS) is 15.7. The second-order valence-electron chi connectivity index (χ2n) is 25.9. The van der Waals surface area contributed by atoms with Gasteiger partial charge in [-0.1, -0.05) is 87.0 Å². The number of nitrogens with zero attached hydrogens (tertiary/aromatic N) is 3. The van der Waals surface area contributed by atoms with Gasteiger partial charge in [-0.2, -0.15) is 0 Å². The molecule has 23 nitrogen and oxygen atoms in total. The van der Waals surface area contributed by atoms with Crippen LogP contribution < -0.4 is 47.9 Å². The highest BCUT2D eigenvalue weighted by Crippen LogP contribution is 2.24. The standard InChI is InChI=1S/C61H102N12O11/c1-17-18-19-20-21-22-24-42(65-54(79)47-25-23-30-73(47)55(80)41-26-27-48-43(34-41)63-36-84-48)50(75)66-45(32-38(4)5)52(77)69-60(11,12)57(82)68-44(31-37(2)3)51(76)67-46(33-39(6)7)53(78)70-61(13,14)58(83)71-59(9,10)56(81)62-29-28-49(74)64-40(8)35-72(15)16/h26-27,34,36-40,42,44-47H,17-25,28-33,35H2,1-16H3,(H,62,81)(H,64,74)(H,65,79)(H,66,75)(H,67,76)(H,68,82)(H,69,77)(H,70,78)(H,71,83)/t40?,42?,44?,45?,46?,47-/m0/s1. The number of aromatic nitrogens is 1. The summed E-state index contributed by atoms with van der Waals surface area (Å²) < 4.78 is 5.34. The van der Waals surface area contributed by atoms with E-state index in [4.69, 9.17) is 4.42 Å². The fraction of sp³-hybridized carbons (Fsp3) is 0.721. The van der Waals surface area contributed by atoms with Crippen LogP contribution in [0.25, 0.3) is 11.1 Å². The Morgan fingerprint density at radius 3 is 1.71 bits per heavy atom. The first-order valence-corrected chi connectivity index (χ1v) is 30.2. The summed E-state index contributed by atoms with van der Waals surface area (Å²) in [7, 11) is 3.79. The molecule has 0 spiro atoms. The van der Waals surface area contributed by atoms with E-state index >= 15 is 0 Å². The highest BCUT2D eigenvalue weighted by atomic mass is 16.3. The van der Waals surface area contributed by atoms with Crippen molar-refractivity contribution in [1.29, 1.82) is 0 Å². The summed E-state index contributed by atoms with van der Waals surface area (Å²) in [4.78, 5) is 146. The topological polar surface area (TPSA) is 311 Å². The molecule has 0 radical (unpaired) electrons. The second kappa shape index (κ2) is 33.2. The predicted molar refractivity (Wildman–Crippen MR) is 323 cm³/mol. The number of hydrogen-bond acceptors (Lipinski definition) is 13. The van der Waals surface area contributed by atoms with Gasteiger partial charge in [0.25, 0.3) is 5.91 Å². The molecule has 6 atom stereocenters. The number of carbonyl (C=O) groups is 10. The molecule has 0 saturated carbocycles. The Kier molecular flexibility index (Phi) is 28.3. The minimum Gasteiger partial charge on any atom is -0.443 e. The molecule has 3 rings (SSSR count). The highest BCUT2D eigenvalue weighted by molar-refractivity contribution is 6.02. The van der Waals surface area contributed by atoms with Gasteiger partial charge in [0.1, 0.15) is 52.3 Å². The fourth-order valence-electron chi connectivity index (χ4n) is 9.95. The molecule has 0 aliphatic carbocycles. The van der Waals surface area contributed by atoms with E-state index in [1.807, 2.05) is 67.5 Å². The van der Waals surface area contributed by atoms with E-state index in [9.17, 15) is 47.9 Å². The summed E-state index contributed by atoms with van der Waals surface area (Å²) in [6.07, 6.45) is 8.61. The second-order valence-corrected chi connectivity index (χ2v) is 25.9. The monoisotopic (exact) mass is 1180 g/mol. The predicted octanol–water partition coefficient (Wildman–Crippen LogP) is 4.52. The van der Waals surface area contributed by atoms with Gasteiger partial charge in [0, 0.05) is 37.7 Å². The van der Waals surface area contributed by atoms with Gasteiger partial charge < -0.3 is 62.1 Å². The Bertz CT molecular complexity index is 2560. The minimum absolute atomic E-state index is 0.0260. The van der Waals surface area contributed by atoms with Crippen LogP contribution in [-0.4, -0.2) is 160 Å². The van der Waals surface area contributed by atoms with Crippen LogP contribution >= 0.6 is 0 Å². The molecule has 1 fully saturated rings. The highest BCUT2D eigenvalue weighted by Gasteiger charge is 2.41. The molecule has 2 heterocycles. The first-order chi connectivity index (χ1) is 39.2. The van der Waals surface area contributed by atoms with Gasteiger partial charge in [-0.05, 0) is 137 Å². The lowest BCUT2D eigenvalue weighted by Crippen LogP contribution is -2.65. The van der Waals surface area contributed by atoms with Crippen LogP contribution in [0, 0.1) is 17.8 Å². The molecule has 2 aromatic rings. The molecule has 23 heteroatoms. The van der Waals surface area contributed by atoms with Gasteiger partial charge in [0.05, 0.1) is 0 Å². The molecule has 9 N–H and O–H groups in total. The van der Waals surface area contributed by atoms with Crippen molar-refractivity contribution < 1.29 is 52.4 Å². The Balaban J connectivity index is 1.74. The van der Waals surface area contributed by atoms with Crippen LogP contribution in [0.3, 0.4) is 0 Å². The van der Waals surface area contributed by atoms with Crippen LogP contribution in [0.2, 0.25) is 0 Å². The average molecular weight is 1180 g/mol. The maximum atomic E-state index is 14.4. The number of likely N-dealkylation sites (N-methyl/N-ethyl adjacent to an activating group) is 1. The number of amides is 10. The first kappa shape index (κ1) is 71.6. The number of benzene rings is 1. The summed E-state index contributed by atoms with van der Waals surface area (Å²) in [5, 5.41) is 25.2. The quantitative estimate of drug-likeness (QED) is 0.0430. The number of carbonyl (C=O) groups excluding carboxylic acids is 10. The first-order valence-electron chi connectivity index (χ1n) is 30.2. The van der Waals surface area contributed by atoms with E-state index < -0.39 is 94.1 Å². The van der Waals surface area contributed by atoms with E-state index in [0.29, 0.717) is 49.0 Å². The van der Waals surface area contributed by atoms with Gasteiger partial charge in [0.2, 0.25) is 53.2 Å². The van der Waals surface area contributed by atoms with E-state index in [-0.39, 0.29) is 74.3 Å². The molecule has 1 aliphatic rings. The van der Waals surface area contributed by atoms with Crippen LogP contribution in [0.1, 0.15) is 191 Å². The van der Waals surface area contributed by atoms with E-state index in [1.54, 1.807) is 18.2 Å². The maximum Gasteiger partial charge on any atom is 0.254 e. The van der Waals surface area contributed by atoms with Crippen LogP contribution in [0.5, 0.6) is 0 Å². The Hall–Kier alpha value is -6.65. The molecule has 1 saturated heterocycles. The molecule has 0 bridgehead atoms. The lowest BCUT2D eigenvalue weighted by atomic mass is 9.96. The zero-order valence-corrected chi connectivity index (χ0v) is 53.2. The molecule has 1 aromatic heterocycles. The third kappa shape index (κ3) is 23.4. The number of likely N-dealkylation sites (tertiary alicyclic amines) is 1. The number of unbranched alkanes of at least 4 members (excludes halogenated alkanes) is 5. The number of nitrogens with one attached hydrogen (secondary N) is 9. The van der Waals surface area contributed by atoms with Crippen molar-refractivity contribution in [3.8, 4) is 0 Å². The van der Waals surface area contributed by atoms with Crippen LogP contribution in [0.4, 0.5) is 0 Å². The van der Waals surface area contributed by atoms with Crippen molar-refractivity contribution in [2.75, 3.05) is 33.7 Å². The molecule has 5 unspecified atom stereocenters. The lowest BCUT2D eigenvalue weighted by Gasteiger charge is -2.34. The van der Waals surface area contributed by atoms with E-state index in [2.05, 4.69) is 59.8 Å². The van der Waals surface area contributed by atoms with Gasteiger partial charge >= 0.3 is 0 Å². The summed E-state index contributed by atoms with van der Waals surface area (Å²) in [5.41, 5.74) is -3.30. The molecule has 10 amide bonds. The molecular weight excluding hydrogens is 1080 g/mol. The molecule has 1 aliphatic heterocycles. The number of fused-ring (bicyclic) bond motifs is 1. The van der Waals surface area contributed by atoms with Gasteiger partial charge in [0.15, 0.2) is 12.0 Å². The van der Waals surface area contributed by atoms with Crippen molar-refractivity contribution in [2.24, 2.45) is 17.8 Å². The molecular formula is C61H102N12O11. The van der Waals surface area contributed by atoms with Crippen molar-refractivity contribution in [1.82, 2.24) is 62.6 Å². The summed E-state index contributed by atoms with van der Waals surface area (Å²) in [6, 6.07) is -0.570. The Labute approximate surface area is 498 Å². The summed E-state index contributed by atoms with van der Waals surface area (Å²) >= 11 is 0. The van der Waals surface area contributed by atoms with Crippen LogP contribution in [0.15, 0.2) is 29.0 Å². The van der Waals surface area contributed by atoms with E-state index in [1.165, 1.54) is 52.8 Å². The number of hydrogen-bond donors (Lipinski definition) is 9. The zero-order valence-electron chi connectivity index (χ0n) is 53.2. The van der Waals surface area contributed by atoms with Crippen molar-refractivity contribution in [2.45, 2.75) is 233 Å². The molecule has 472 valence electrons. The smallest absolute Gasteiger partial charge is 0.254 e. The van der Waals surface area contributed by atoms with Crippen molar-refractivity contribution in [3.63, 3.8) is 0 Å². The molecule has 1 aromatic carbocycles. The zero-order chi connectivity index (χ0) is 63.3. The van der Waals surface area contributed by atoms with Gasteiger partial charge in [-0.15, -0.1) is 0 Å². The number of oxazole rings is 1. The van der Waals surface area contributed by atoms with E-state index in [0.717, 1.165) is 32.1 Å². The lowest BCUT2D eigenvalue weighted by molar-refractivity contribution is -0.139. The minimum atomic E-state index is -1.65. The Morgan fingerprint density at radius 2 is 1.15 bits per heavy atom. The van der Waals surface area contributed by atoms with Crippen LogP contribution in [-0.2, 0) is 43.2 Å². The average Bonchev–Trinajstić information content (AvgIpc) is 4.21. The number of rotatable bonds is 35. The third-order valence-corrected chi connectivity index (χ3v) is 14.6. The summed E-state index contributed by atoms with van der Waals surface area (Å²) in [5.74, 6) is -5.99. The SMILES string of the molecule is CCCCCCCCC(NC(=O)[C@@H]1CCCN1C(=O)c1ccc2ocnc2c1)C(=O)NC(CC(C)C)C(=O)NC(C)(C)C(=O)NC(CC(C)C)C(=O)NC(CC(C)C)C(=O)NC(C)(C)C(=O)NC(C)(C)C(=O)NCCC(=O)NC(C)CN(C)C. The van der Waals surface area contributed by atoms with Gasteiger partial charge in [-0.25, -0.2) is 4.98 Å². The third-order valence-electron chi connectivity index (χ3n) is 14.6. The van der Waals surface area contributed by atoms with Gasteiger partial charge in [-0.3, -0.25) is 47.9 Å². The fourth-order valence-corrected chi connectivity index (χ4v) is 9.95. The Morgan fingerprint density at radius 1 is 0.631 bits per heavy atom. The maximum absolute atomic E-state index is 14.4. The summed E-state index contributed by atoms with van der Waals surface area (Å²) in [6.45, 7) is 25.1. The van der Waals surface area contributed by atoms with Crippen molar-refractivity contribution >= 4 is 70.2 Å².